The molecule has 156 valence electrons. The topological polar surface area (TPSA) is 82.2 Å². The highest BCUT2D eigenvalue weighted by Crippen LogP contribution is 2.23. The summed E-state index contributed by atoms with van der Waals surface area (Å²) < 4.78 is 32.5. The number of ether oxygens (including phenoxy) is 1. The third-order valence-electron chi connectivity index (χ3n) is 5.24. The third-order valence-corrected chi connectivity index (χ3v) is 7.13. The van der Waals surface area contributed by atoms with E-state index in [-0.39, 0.29) is 10.9 Å². The highest BCUT2D eigenvalue weighted by Gasteiger charge is 2.26. The van der Waals surface area contributed by atoms with Gasteiger partial charge in [0.15, 0.2) is 0 Å². The average molecular weight is 411 g/mol. The van der Waals surface area contributed by atoms with Crippen LogP contribution >= 0.6 is 0 Å². The van der Waals surface area contributed by atoms with E-state index in [0.717, 1.165) is 52.1 Å². The van der Waals surface area contributed by atoms with E-state index in [1.807, 2.05) is 0 Å². The van der Waals surface area contributed by atoms with Crippen LogP contribution in [0.4, 0.5) is 10.5 Å². The molecule has 0 saturated carbocycles. The molecule has 0 aromatic heterocycles. The van der Waals surface area contributed by atoms with Gasteiger partial charge < -0.3 is 15.0 Å². The predicted molar refractivity (Wildman–Crippen MR) is 108 cm³/mol. The van der Waals surface area contributed by atoms with Gasteiger partial charge in [-0.2, -0.15) is 4.31 Å². The summed E-state index contributed by atoms with van der Waals surface area (Å²) in [5, 5.41) is 2.81. The molecule has 0 radical (unpaired) electrons. The van der Waals surface area contributed by atoms with E-state index in [4.69, 9.17) is 4.74 Å². The van der Waals surface area contributed by atoms with Gasteiger partial charge in [0.2, 0.25) is 10.0 Å². The van der Waals surface area contributed by atoms with Crippen molar-refractivity contribution in [2.75, 3.05) is 64.8 Å². The largest absolute Gasteiger partial charge is 0.379 e. The molecule has 3 rings (SSSR count). The van der Waals surface area contributed by atoms with E-state index < -0.39 is 10.0 Å². The number of morpholine rings is 1. The Hall–Kier alpha value is -1.68. The first kappa shape index (κ1) is 21.0. The van der Waals surface area contributed by atoms with E-state index in [1.54, 1.807) is 30.1 Å². The number of likely N-dealkylation sites (N-methyl/N-ethyl adjacent to an activating group) is 1. The highest BCUT2D eigenvalue weighted by atomic mass is 32.2. The maximum atomic E-state index is 12.8. The molecule has 8 nitrogen and oxygen atoms in total. The van der Waals surface area contributed by atoms with Crippen molar-refractivity contribution in [3.63, 3.8) is 0 Å². The maximum Gasteiger partial charge on any atom is 0.321 e. The molecule has 2 saturated heterocycles. The number of urea groups is 1. The Morgan fingerprint density at radius 2 is 1.86 bits per heavy atom. The zero-order valence-corrected chi connectivity index (χ0v) is 17.3. The second-order valence-corrected chi connectivity index (χ2v) is 9.24. The van der Waals surface area contributed by atoms with Crippen molar-refractivity contribution in [2.45, 2.75) is 24.2 Å². The molecule has 2 fully saturated rings. The van der Waals surface area contributed by atoms with Crippen LogP contribution in [-0.2, 0) is 14.8 Å². The molecular formula is C19H30N4O4S. The zero-order chi connectivity index (χ0) is 20.0. The Balaban J connectivity index is 1.57. The number of carbonyl (C=O) groups excluding carboxylic acids is 1. The minimum Gasteiger partial charge on any atom is -0.379 e. The number of piperidine rings is 1. The van der Waals surface area contributed by atoms with E-state index >= 15 is 0 Å². The summed E-state index contributed by atoms with van der Waals surface area (Å²) in [7, 11) is -1.78. The van der Waals surface area contributed by atoms with E-state index in [0.29, 0.717) is 25.3 Å². The van der Waals surface area contributed by atoms with E-state index in [1.165, 1.54) is 10.4 Å². The number of amides is 2. The van der Waals surface area contributed by atoms with Crippen LogP contribution in [0.5, 0.6) is 0 Å². The summed E-state index contributed by atoms with van der Waals surface area (Å²) in [5.74, 6) is 0. The lowest BCUT2D eigenvalue weighted by Gasteiger charge is -2.28. The summed E-state index contributed by atoms with van der Waals surface area (Å²) in [6, 6.07) is 6.25. The molecule has 28 heavy (non-hydrogen) atoms. The van der Waals surface area contributed by atoms with Crippen LogP contribution in [0.25, 0.3) is 0 Å². The number of benzene rings is 1. The molecule has 2 aliphatic heterocycles. The first-order chi connectivity index (χ1) is 13.5. The van der Waals surface area contributed by atoms with Crippen LogP contribution in [0, 0.1) is 0 Å². The van der Waals surface area contributed by atoms with Crippen molar-refractivity contribution in [1.29, 1.82) is 0 Å². The Morgan fingerprint density at radius 1 is 1.14 bits per heavy atom. The average Bonchev–Trinajstić information content (AvgIpc) is 2.73. The Bertz CT molecular complexity index is 759. The Kier molecular flexibility index (Phi) is 7.28. The van der Waals surface area contributed by atoms with Crippen molar-refractivity contribution in [3.8, 4) is 0 Å². The van der Waals surface area contributed by atoms with Crippen LogP contribution < -0.4 is 5.32 Å². The fourth-order valence-electron chi connectivity index (χ4n) is 3.43. The van der Waals surface area contributed by atoms with E-state index in [9.17, 15) is 13.2 Å². The van der Waals surface area contributed by atoms with Gasteiger partial charge in [-0.1, -0.05) is 12.5 Å². The molecule has 1 N–H and O–H groups in total. The Morgan fingerprint density at radius 3 is 2.57 bits per heavy atom. The number of nitrogens with one attached hydrogen (secondary N) is 1. The summed E-state index contributed by atoms with van der Waals surface area (Å²) in [5.41, 5.74) is 0.487. The van der Waals surface area contributed by atoms with Gasteiger partial charge in [0.05, 0.1) is 18.1 Å². The third kappa shape index (κ3) is 5.44. The number of nitrogens with zero attached hydrogens (tertiary/aromatic N) is 3. The van der Waals surface area contributed by atoms with Crippen LogP contribution in [-0.4, -0.2) is 88.1 Å². The molecule has 1 aromatic rings. The van der Waals surface area contributed by atoms with Crippen LogP contribution in [0.1, 0.15) is 19.3 Å². The molecule has 0 aliphatic carbocycles. The fourth-order valence-corrected chi connectivity index (χ4v) is 4.99. The summed E-state index contributed by atoms with van der Waals surface area (Å²) in [6.07, 6.45) is 2.85. The quantitative estimate of drug-likeness (QED) is 0.771. The van der Waals surface area contributed by atoms with Crippen molar-refractivity contribution < 1.29 is 17.9 Å². The number of anilines is 1. The lowest BCUT2D eigenvalue weighted by molar-refractivity contribution is 0.0359. The lowest BCUT2D eigenvalue weighted by atomic mass is 10.2. The highest BCUT2D eigenvalue weighted by molar-refractivity contribution is 7.89. The number of sulfonamides is 1. The van der Waals surface area contributed by atoms with Gasteiger partial charge in [-0.05, 0) is 31.0 Å². The van der Waals surface area contributed by atoms with Crippen molar-refractivity contribution in [1.82, 2.24) is 14.1 Å². The standard InChI is InChI=1S/C19H30N4O4S/c1-21(10-11-22-12-14-27-15-13-22)19(24)20-17-6-5-7-18(16-17)28(25,26)23-8-3-2-4-9-23/h5-7,16H,2-4,8-15H2,1H3,(H,20,24). The van der Waals surface area contributed by atoms with Gasteiger partial charge in [-0.25, -0.2) is 13.2 Å². The minimum atomic E-state index is -3.52. The van der Waals surface area contributed by atoms with Gasteiger partial charge in [-0.3, -0.25) is 4.90 Å². The maximum absolute atomic E-state index is 12.8. The van der Waals surface area contributed by atoms with Crippen LogP contribution in [0.15, 0.2) is 29.2 Å². The number of carbonyl (C=O) groups is 1. The Labute approximate surface area is 167 Å². The molecule has 1 aromatic carbocycles. The summed E-state index contributed by atoms with van der Waals surface area (Å²) in [6.45, 7) is 5.72. The lowest BCUT2D eigenvalue weighted by Crippen LogP contribution is -2.42. The van der Waals surface area contributed by atoms with Crippen LogP contribution in [0.3, 0.4) is 0 Å². The molecule has 9 heteroatoms. The molecule has 2 amide bonds. The molecule has 0 spiro atoms. The number of hydrogen-bond donors (Lipinski definition) is 1. The smallest absolute Gasteiger partial charge is 0.321 e. The fraction of sp³-hybridized carbons (Fsp3) is 0.632. The monoisotopic (exact) mass is 410 g/mol. The summed E-state index contributed by atoms with van der Waals surface area (Å²) >= 11 is 0. The minimum absolute atomic E-state index is 0.225. The van der Waals surface area contributed by atoms with Gasteiger partial charge in [-0.15, -0.1) is 0 Å². The normalized spacial score (nSPS) is 19.3. The predicted octanol–water partition coefficient (Wildman–Crippen LogP) is 1.66. The van der Waals surface area contributed by atoms with Crippen molar-refractivity contribution >= 4 is 21.7 Å². The van der Waals surface area contributed by atoms with Gasteiger partial charge in [0, 0.05) is 52.0 Å². The van der Waals surface area contributed by atoms with Gasteiger partial charge in [0.1, 0.15) is 0 Å². The molecular weight excluding hydrogens is 380 g/mol. The molecule has 0 atom stereocenters. The first-order valence-corrected chi connectivity index (χ1v) is 11.3. The van der Waals surface area contributed by atoms with E-state index in [2.05, 4.69) is 10.2 Å². The number of hydrogen-bond acceptors (Lipinski definition) is 5. The summed E-state index contributed by atoms with van der Waals surface area (Å²) in [4.78, 5) is 16.6. The molecule has 2 heterocycles. The van der Waals surface area contributed by atoms with Crippen molar-refractivity contribution in [3.05, 3.63) is 24.3 Å². The van der Waals surface area contributed by atoms with Gasteiger partial charge >= 0.3 is 6.03 Å². The second kappa shape index (κ2) is 9.69. The molecule has 0 unspecified atom stereocenters. The number of rotatable bonds is 6. The first-order valence-electron chi connectivity index (χ1n) is 9.89. The second-order valence-electron chi connectivity index (χ2n) is 7.30. The van der Waals surface area contributed by atoms with Crippen molar-refractivity contribution in [2.24, 2.45) is 0 Å². The SMILES string of the molecule is CN(CCN1CCOCC1)C(=O)Nc1cccc(S(=O)(=O)N2CCCCC2)c1. The zero-order valence-electron chi connectivity index (χ0n) is 16.5. The van der Waals surface area contributed by atoms with Crippen LogP contribution in [0.2, 0.25) is 0 Å². The molecule has 0 bridgehead atoms. The molecule has 2 aliphatic rings. The van der Waals surface area contributed by atoms with Gasteiger partial charge in [0.25, 0.3) is 0 Å².